The minimum Gasteiger partial charge on any atom is -0.399 e. The van der Waals surface area contributed by atoms with Crippen molar-refractivity contribution < 1.29 is 0 Å². The van der Waals surface area contributed by atoms with Crippen LogP contribution >= 0.6 is 22.9 Å². The normalized spacial score (nSPS) is 11.3. The van der Waals surface area contributed by atoms with Crippen LogP contribution in [0.3, 0.4) is 0 Å². The molecule has 2 N–H and O–H groups in total. The summed E-state index contributed by atoms with van der Waals surface area (Å²) in [5, 5.41) is 14.4. The average Bonchev–Trinajstić information content (AvgIpc) is 3.00. The maximum Gasteiger partial charge on any atom is 0.234 e. The standard InChI is InChI=1S/C13H14ClN5S/c1-2-3-4-11-16-17-13-19(11)18-12(20-13)9-7-8(15)5-6-10(9)14/h5-7H,2-4,15H2,1H3. The molecule has 0 aliphatic rings. The number of nitrogen functional groups attached to an aromatic ring is 1. The monoisotopic (exact) mass is 307 g/mol. The van der Waals surface area contributed by atoms with Gasteiger partial charge in [-0.2, -0.15) is 9.61 Å². The molecule has 5 nitrogen and oxygen atoms in total. The lowest BCUT2D eigenvalue weighted by Gasteiger charge is -2.01. The number of hydrogen-bond donors (Lipinski definition) is 1. The van der Waals surface area contributed by atoms with Crippen molar-refractivity contribution in [3.63, 3.8) is 0 Å². The van der Waals surface area contributed by atoms with Crippen LogP contribution in [0.2, 0.25) is 5.02 Å². The van der Waals surface area contributed by atoms with Crippen molar-refractivity contribution in [2.24, 2.45) is 0 Å². The van der Waals surface area contributed by atoms with Crippen molar-refractivity contribution in [3.8, 4) is 10.6 Å². The lowest BCUT2D eigenvalue weighted by atomic mass is 10.2. The average molecular weight is 308 g/mol. The fourth-order valence-electron chi connectivity index (χ4n) is 1.96. The van der Waals surface area contributed by atoms with Gasteiger partial charge in [0, 0.05) is 17.7 Å². The first-order chi connectivity index (χ1) is 9.69. The Bertz CT molecular complexity index is 748. The van der Waals surface area contributed by atoms with E-state index >= 15 is 0 Å². The molecule has 0 spiro atoms. The molecular weight excluding hydrogens is 294 g/mol. The van der Waals surface area contributed by atoms with Crippen LogP contribution in [0, 0.1) is 0 Å². The van der Waals surface area contributed by atoms with Crippen LogP contribution in [-0.4, -0.2) is 19.8 Å². The fraction of sp³-hybridized carbons (Fsp3) is 0.308. The molecule has 0 bridgehead atoms. The van der Waals surface area contributed by atoms with Gasteiger partial charge in [0.1, 0.15) is 5.01 Å². The van der Waals surface area contributed by atoms with E-state index in [4.69, 9.17) is 17.3 Å². The van der Waals surface area contributed by atoms with E-state index in [9.17, 15) is 0 Å². The van der Waals surface area contributed by atoms with Gasteiger partial charge in [0.25, 0.3) is 0 Å². The smallest absolute Gasteiger partial charge is 0.234 e. The van der Waals surface area contributed by atoms with Crippen molar-refractivity contribution in [3.05, 3.63) is 29.0 Å². The summed E-state index contributed by atoms with van der Waals surface area (Å²) in [5.74, 6) is 0.893. The summed E-state index contributed by atoms with van der Waals surface area (Å²) in [6.45, 7) is 2.15. The molecule has 0 aliphatic heterocycles. The number of fused-ring (bicyclic) bond motifs is 1. The molecule has 104 valence electrons. The van der Waals surface area contributed by atoms with E-state index < -0.39 is 0 Å². The second-order valence-corrected chi connectivity index (χ2v) is 5.92. The number of rotatable bonds is 4. The molecule has 1 aromatic carbocycles. The molecule has 3 aromatic rings. The van der Waals surface area contributed by atoms with Gasteiger partial charge in [-0.3, -0.25) is 0 Å². The van der Waals surface area contributed by atoms with E-state index in [1.165, 1.54) is 11.3 Å². The predicted octanol–water partition coefficient (Wildman–Crippen LogP) is 3.43. The first-order valence-corrected chi connectivity index (χ1v) is 7.65. The summed E-state index contributed by atoms with van der Waals surface area (Å²) in [5.41, 5.74) is 7.32. The Hall–Kier alpha value is -1.66. The first kappa shape index (κ1) is 13.3. The van der Waals surface area contributed by atoms with Gasteiger partial charge in [-0.15, -0.1) is 10.2 Å². The number of benzene rings is 1. The highest BCUT2D eigenvalue weighted by atomic mass is 35.5. The predicted molar refractivity (Wildman–Crippen MR) is 82.1 cm³/mol. The van der Waals surface area contributed by atoms with Gasteiger partial charge in [0.05, 0.1) is 5.02 Å². The first-order valence-electron chi connectivity index (χ1n) is 6.45. The molecule has 20 heavy (non-hydrogen) atoms. The van der Waals surface area contributed by atoms with Gasteiger partial charge in [0.15, 0.2) is 5.82 Å². The molecule has 0 aliphatic carbocycles. The van der Waals surface area contributed by atoms with Crippen molar-refractivity contribution in [1.29, 1.82) is 0 Å². The SMILES string of the molecule is CCCCc1nnc2sc(-c3cc(N)ccc3Cl)nn12. The number of nitrogens with two attached hydrogens (primary N) is 1. The van der Waals surface area contributed by atoms with Gasteiger partial charge < -0.3 is 5.73 Å². The summed E-state index contributed by atoms with van der Waals surface area (Å²) in [6.07, 6.45) is 3.07. The molecule has 2 heterocycles. The summed E-state index contributed by atoms with van der Waals surface area (Å²) in [4.78, 5) is 0.782. The molecule has 0 saturated heterocycles. The molecule has 0 radical (unpaired) electrons. The second-order valence-electron chi connectivity index (χ2n) is 4.56. The highest BCUT2D eigenvalue weighted by molar-refractivity contribution is 7.19. The van der Waals surface area contributed by atoms with Crippen LogP contribution in [0.4, 0.5) is 5.69 Å². The number of hydrogen-bond acceptors (Lipinski definition) is 5. The molecule has 0 saturated carbocycles. The minimum atomic E-state index is 0.638. The van der Waals surface area contributed by atoms with E-state index in [1.54, 1.807) is 16.6 Å². The van der Waals surface area contributed by atoms with E-state index in [-0.39, 0.29) is 0 Å². The Morgan fingerprint density at radius 2 is 2.20 bits per heavy atom. The van der Waals surface area contributed by atoms with Crippen LogP contribution in [0.15, 0.2) is 18.2 Å². The summed E-state index contributed by atoms with van der Waals surface area (Å²) < 4.78 is 1.80. The van der Waals surface area contributed by atoms with E-state index in [2.05, 4.69) is 22.2 Å². The molecule has 3 rings (SSSR count). The Morgan fingerprint density at radius 3 is 3.00 bits per heavy atom. The zero-order chi connectivity index (χ0) is 14.1. The van der Waals surface area contributed by atoms with Gasteiger partial charge in [-0.25, -0.2) is 0 Å². The quantitative estimate of drug-likeness (QED) is 0.750. The van der Waals surface area contributed by atoms with Gasteiger partial charge in [0.2, 0.25) is 4.96 Å². The lowest BCUT2D eigenvalue weighted by Crippen LogP contribution is -1.96. The summed E-state index contributed by atoms with van der Waals surface area (Å²) in [7, 11) is 0. The number of nitrogens with zero attached hydrogens (tertiary/aromatic N) is 4. The van der Waals surface area contributed by atoms with Gasteiger partial charge in [-0.1, -0.05) is 36.3 Å². The molecule has 0 fully saturated rings. The summed E-state index contributed by atoms with van der Waals surface area (Å²) in [6, 6.07) is 5.39. The third-order valence-electron chi connectivity index (χ3n) is 3.03. The number of aryl methyl sites for hydroxylation is 1. The van der Waals surface area contributed by atoms with Crippen molar-refractivity contribution in [1.82, 2.24) is 19.8 Å². The third-order valence-corrected chi connectivity index (χ3v) is 4.29. The largest absolute Gasteiger partial charge is 0.399 e. The number of halogens is 1. The molecule has 0 unspecified atom stereocenters. The fourth-order valence-corrected chi connectivity index (χ4v) is 3.12. The molecular formula is C13H14ClN5S. The molecule has 2 aromatic heterocycles. The zero-order valence-electron chi connectivity index (χ0n) is 11.0. The van der Waals surface area contributed by atoms with Crippen molar-refractivity contribution in [2.45, 2.75) is 26.2 Å². The highest BCUT2D eigenvalue weighted by Gasteiger charge is 2.14. The highest BCUT2D eigenvalue weighted by Crippen LogP contribution is 2.32. The van der Waals surface area contributed by atoms with Crippen LogP contribution in [0.25, 0.3) is 15.5 Å². The maximum atomic E-state index is 6.21. The summed E-state index contributed by atoms with van der Waals surface area (Å²) >= 11 is 7.68. The van der Waals surface area contributed by atoms with Crippen LogP contribution in [0.1, 0.15) is 25.6 Å². The van der Waals surface area contributed by atoms with Crippen LogP contribution in [0.5, 0.6) is 0 Å². The Balaban J connectivity index is 2.04. The molecule has 0 amide bonds. The Labute approximate surface area is 125 Å². The van der Waals surface area contributed by atoms with E-state index in [0.29, 0.717) is 10.7 Å². The van der Waals surface area contributed by atoms with E-state index in [0.717, 1.165) is 40.6 Å². The topological polar surface area (TPSA) is 69.1 Å². The second kappa shape index (κ2) is 5.38. The van der Waals surface area contributed by atoms with Gasteiger partial charge in [-0.05, 0) is 24.6 Å². The van der Waals surface area contributed by atoms with Crippen LogP contribution < -0.4 is 5.73 Å². The Morgan fingerprint density at radius 1 is 1.35 bits per heavy atom. The Kier molecular flexibility index (Phi) is 3.58. The van der Waals surface area contributed by atoms with Crippen molar-refractivity contribution in [2.75, 3.05) is 5.73 Å². The van der Waals surface area contributed by atoms with Crippen LogP contribution in [-0.2, 0) is 6.42 Å². The molecule has 7 heteroatoms. The minimum absolute atomic E-state index is 0.638. The maximum absolute atomic E-state index is 6.21. The lowest BCUT2D eigenvalue weighted by molar-refractivity contribution is 0.723. The van der Waals surface area contributed by atoms with Crippen molar-refractivity contribution >= 4 is 33.6 Å². The third kappa shape index (κ3) is 2.36. The van der Waals surface area contributed by atoms with E-state index in [1.807, 2.05) is 6.07 Å². The zero-order valence-corrected chi connectivity index (χ0v) is 12.6. The van der Waals surface area contributed by atoms with Gasteiger partial charge >= 0.3 is 0 Å². The number of unbranched alkanes of at least 4 members (excludes halogenated alkanes) is 1. The number of anilines is 1. The molecule has 0 atom stereocenters. The number of aromatic nitrogens is 4.